The zero-order valence-corrected chi connectivity index (χ0v) is 13.1. The quantitative estimate of drug-likeness (QED) is 0.749. The molecule has 0 amide bonds. The van der Waals surface area contributed by atoms with Crippen molar-refractivity contribution in [3.05, 3.63) is 0 Å². The van der Waals surface area contributed by atoms with Gasteiger partial charge in [0.2, 0.25) is 0 Å². The van der Waals surface area contributed by atoms with Gasteiger partial charge < -0.3 is 9.84 Å². The van der Waals surface area contributed by atoms with Crippen LogP contribution in [0.1, 0.15) is 84.0 Å². The molecule has 1 aliphatic rings. The van der Waals surface area contributed by atoms with Crippen LogP contribution in [0.2, 0.25) is 0 Å². The minimum atomic E-state index is -0.0994. The van der Waals surface area contributed by atoms with E-state index in [2.05, 4.69) is 6.92 Å². The van der Waals surface area contributed by atoms with Crippen LogP contribution in [-0.4, -0.2) is 24.4 Å². The normalized spacial score (nSPS) is 33.3. The zero-order chi connectivity index (χ0) is 13.9. The summed E-state index contributed by atoms with van der Waals surface area (Å²) >= 11 is 0. The summed E-state index contributed by atoms with van der Waals surface area (Å²) in [5.41, 5.74) is 0. The highest BCUT2D eigenvalue weighted by Crippen LogP contribution is 2.22. The van der Waals surface area contributed by atoms with Crippen LogP contribution in [0, 0.1) is 5.92 Å². The molecule has 2 heteroatoms. The van der Waals surface area contributed by atoms with E-state index < -0.39 is 0 Å². The number of methoxy groups -OCH3 is 1. The van der Waals surface area contributed by atoms with Crippen LogP contribution in [0.25, 0.3) is 0 Å². The van der Waals surface area contributed by atoms with E-state index in [-0.39, 0.29) is 6.10 Å². The van der Waals surface area contributed by atoms with Crippen molar-refractivity contribution in [2.75, 3.05) is 7.11 Å². The van der Waals surface area contributed by atoms with Crippen molar-refractivity contribution in [3.63, 3.8) is 0 Å². The summed E-state index contributed by atoms with van der Waals surface area (Å²) < 4.78 is 5.60. The number of hydrogen-bond acceptors (Lipinski definition) is 2. The van der Waals surface area contributed by atoms with Gasteiger partial charge in [0.15, 0.2) is 0 Å². The molecule has 19 heavy (non-hydrogen) atoms. The van der Waals surface area contributed by atoms with Crippen molar-refractivity contribution < 1.29 is 9.84 Å². The molecule has 1 fully saturated rings. The van der Waals surface area contributed by atoms with Gasteiger partial charge in [-0.3, -0.25) is 0 Å². The Morgan fingerprint density at radius 3 is 1.89 bits per heavy atom. The second-order valence-corrected chi connectivity index (χ2v) is 6.49. The van der Waals surface area contributed by atoms with Crippen molar-refractivity contribution in [2.24, 2.45) is 5.92 Å². The fourth-order valence-corrected chi connectivity index (χ4v) is 3.27. The molecule has 1 aliphatic carbocycles. The predicted octanol–water partition coefficient (Wildman–Crippen LogP) is 4.69. The van der Waals surface area contributed by atoms with Crippen LogP contribution in [-0.2, 0) is 4.74 Å². The van der Waals surface area contributed by atoms with E-state index in [0.717, 1.165) is 19.3 Å². The van der Waals surface area contributed by atoms with Gasteiger partial charge in [-0.15, -0.1) is 0 Å². The molecule has 2 unspecified atom stereocenters. The Morgan fingerprint density at radius 1 is 0.789 bits per heavy atom. The van der Waals surface area contributed by atoms with E-state index in [4.69, 9.17) is 4.74 Å². The van der Waals surface area contributed by atoms with Gasteiger partial charge in [-0.05, 0) is 31.6 Å². The summed E-state index contributed by atoms with van der Waals surface area (Å²) in [6, 6.07) is 0. The molecule has 0 saturated heterocycles. The molecule has 114 valence electrons. The highest BCUT2D eigenvalue weighted by Gasteiger charge is 2.16. The summed E-state index contributed by atoms with van der Waals surface area (Å²) in [6.45, 7) is 2.26. The molecule has 1 N–H and O–H groups in total. The van der Waals surface area contributed by atoms with Crippen LogP contribution in [0.15, 0.2) is 0 Å². The van der Waals surface area contributed by atoms with E-state index >= 15 is 0 Å². The molecule has 1 saturated carbocycles. The Hall–Kier alpha value is -0.0800. The third-order valence-corrected chi connectivity index (χ3v) is 4.49. The summed E-state index contributed by atoms with van der Waals surface area (Å²) in [5.74, 6) is 0.574. The second-order valence-electron chi connectivity index (χ2n) is 6.49. The minimum Gasteiger partial charge on any atom is -0.393 e. The first-order chi connectivity index (χ1) is 9.22. The van der Waals surface area contributed by atoms with Gasteiger partial charge >= 0.3 is 0 Å². The van der Waals surface area contributed by atoms with Gasteiger partial charge in [-0.1, -0.05) is 58.3 Å². The average molecular weight is 270 g/mol. The summed E-state index contributed by atoms with van der Waals surface area (Å²) in [5, 5.41) is 10.1. The van der Waals surface area contributed by atoms with Crippen molar-refractivity contribution in [1.82, 2.24) is 0 Å². The maximum absolute atomic E-state index is 10.1. The van der Waals surface area contributed by atoms with Gasteiger partial charge in [0.25, 0.3) is 0 Å². The first-order valence-electron chi connectivity index (χ1n) is 8.43. The fourth-order valence-electron chi connectivity index (χ4n) is 3.27. The lowest BCUT2D eigenvalue weighted by atomic mass is 9.93. The Balaban J connectivity index is 2.37. The summed E-state index contributed by atoms with van der Waals surface area (Å²) in [6.07, 6.45) is 15.2. The van der Waals surface area contributed by atoms with E-state index in [9.17, 15) is 5.11 Å². The number of rotatable bonds is 1. The predicted molar refractivity (Wildman–Crippen MR) is 81.4 cm³/mol. The Labute approximate surface area is 119 Å². The molecular weight excluding hydrogens is 236 g/mol. The number of hydrogen-bond donors (Lipinski definition) is 1. The Bertz CT molecular complexity index is 205. The monoisotopic (exact) mass is 270 g/mol. The van der Waals surface area contributed by atoms with Gasteiger partial charge in [0, 0.05) is 7.11 Å². The molecule has 0 bridgehead atoms. The molecule has 2 nitrogen and oxygen atoms in total. The van der Waals surface area contributed by atoms with Crippen LogP contribution in [0.4, 0.5) is 0 Å². The smallest absolute Gasteiger partial charge is 0.0574 e. The number of aliphatic hydroxyl groups excluding tert-OH is 1. The topological polar surface area (TPSA) is 29.5 Å². The lowest BCUT2D eigenvalue weighted by Gasteiger charge is -2.21. The molecule has 1 rings (SSSR count). The molecule has 3 atom stereocenters. The largest absolute Gasteiger partial charge is 0.393 e. The second kappa shape index (κ2) is 10.7. The van der Waals surface area contributed by atoms with E-state index in [0.29, 0.717) is 12.0 Å². The standard InChI is InChI=1S/C17H34O2/c1-15-13-16(18)11-9-7-5-3-4-6-8-10-12-17(14-15)19-2/h15-18H,3-14H2,1-2H3/t15-,16?,17?/m1/s1. The third-order valence-electron chi connectivity index (χ3n) is 4.49. The zero-order valence-electron chi connectivity index (χ0n) is 13.1. The highest BCUT2D eigenvalue weighted by atomic mass is 16.5. The highest BCUT2D eigenvalue weighted by molar-refractivity contribution is 4.68. The summed E-state index contributed by atoms with van der Waals surface area (Å²) in [4.78, 5) is 0. The SMILES string of the molecule is COC1CCCCCCCCCCC(O)C[C@@H](C)C1. The maximum Gasteiger partial charge on any atom is 0.0574 e. The van der Waals surface area contributed by atoms with Crippen molar-refractivity contribution in [2.45, 2.75) is 96.2 Å². The molecular formula is C17H34O2. The maximum atomic E-state index is 10.1. The van der Waals surface area contributed by atoms with Crippen molar-refractivity contribution in [3.8, 4) is 0 Å². The Morgan fingerprint density at radius 2 is 1.32 bits per heavy atom. The molecule has 0 radical (unpaired) electrons. The van der Waals surface area contributed by atoms with Gasteiger partial charge in [0.05, 0.1) is 12.2 Å². The van der Waals surface area contributed by atoms with Crippen LogP contribution in [0.3, 0.4) is 0 Å². The first-order valence-corrected chi connectivity index (χ1v) is 8.43. The molecule has 0 spiro atoms. The van der Waals surface area contributed by atoms with Crippen LogP contribution in [0.5, 0.6) is 0 Å². The van der Waals surface area contributed by atoms with E-state index in [1.807, 2.05) is 7.11 Å². The van der Waals surface area contributed by atoms with Crippen LogP contribution >= 0.6 is 0 Å². The van der Waals surface area contributed by atoms with Gasteiger partial charge in [-0.25, -0.2) is 0 Å². The lowest BCUT2D eigenvalue weighted by Crippen LogP contribution is -2.19. The van der Waals surface area contributed by atoms with Crippen molar-refractivity contribution in [1.29, 1.82) is 0 Å². The molecule has 0 aromatic rings. The van der Waals surface area contributed by atoms with E-state index in [1.54, 1.807) is 0 Å². The van der Waals surface area contributed by atoms with E-state index in [1.165, 1.54) is 57.8 Å². The molecule has 0 aromatic heterocycles. The Kier molecular flexibility index (Phi) is 9.54. The van der Waals surface area contributed by atoms with Crippen molar-refractivity contribution >= 4 is 0 Å². The molecule has 0 aromatic carbocycles. The molecule has 0 aliphatic heterocycles. The third kappa shape index (κ3) is 8.65. The summed E-state index contributed by atoms with van der Waals surface area (Å²) in [7, 11) is 1.84. The minimum absolute atomic E-state index is 0.0994. The molecule has 0 heterocycles. The fraction of sp³-hybridized carbons (Fsp3) is 1.00. The van der Waals surface area contributed by atoms with Gasteiger partial charge in [0.1, 0.15) is 0 Å². The number of aliphatic hydroxyl groups is 1. The number of ether oxygens (including phenoxy) is 1. The van der Waals surface area contributed by atoms with Gasteiger partial charge in [-0.2, -0.15) is 0 Å². The van der Waals surface area contributed by atoms with Crippen LogP contribution < -0.4 is 0 Å². The first kappa shape index (κ1) is 17.0. The average Bonchev–Trinajstić information content (AvgIpc) is 2.38. The lowest BCUT2D eigenvalue weighted by molar-refractivity contribution is 0.0597.